The van der Waals surface area contributed by atoms with E-state index in [9.17, 15) is 14.7 Å². The lowest BCUT2D eigenvalue weighted by Crippen LogP contribution is -2.49. The topological polar surface area (TPSA) is 104 Å². The Kier molecular flexibility index (Phi) is 6.17. The van der Waals surface area contributed by atoms with Crippen LogP contribution < -0.4 is 5.73 Å². The number of phenols is 1. The van der Waals surface area contributed by atoms with E-state index in [1.807, 2.05) is 0 Å². The smallest absolute Gasteiger partial charge is 0.305 e. The molecule has 1 rings (SSSR count). The fourth-order valence-corrected chi connectivity index (χ4v) is 2.23. The van der Waals surface area contributed by atoms with Crippen molar-refractivity contribution in [2.75, 3.05) is 6.54 Å². The molecule has 1 amide bonds. The minimum atomic E-state index is -0.944. The molecule has 1 aromatic rings. The lowest BCUT2D eigenvalue weighted by Gasteiger charge is -2.29. The quantitative estimate of drug-likeness (QED) is 0.695. The number of phenolic OH excluding ortho intramolecular Hbond substituents is 1. The largest absolute Gasteiger partial charge is 0.508 e. The van der Waals surface area contributed by atoms with Crippen molar-refractivity contribution < 1.29 is 19.8 Å². The number of carbonyl (C=O) groups excluding carboxylic acids is 1. The van der Waals surface area contributed by atoms with Gasteiger partial charge < -0.3 is 20.8 Å². The van der Waals surface area contributed by atoms with Crippen LogP contribution in [0.5, 0.6) is 5.75 Å². The number of nitrogens with two attached hydrogens (primary N) is 1. The summed E-state index contributed by atoms with van der Waals surface area (Å²) in [5, 5.41) is 18.0. The Hall–Kier alpha value is -2.08. The molecule has 21 heavy (non-hydrogen) atoms. The third-order valence-corrected chi connectivity index (χ3v) is 3.34. The molecule has 4 N–H and O–H groups in total. The molecule has 0 aliphatic heterocycles. The van der Waals surface area contributed by atoms with E-state index in [1.54, 1.807) is 26.0 Å². The number of benzene rings is 1. The second-order valence-electron chi connectivity index (χ2n) is 5.05. The molecular weight excluding hydrogens is 272 g/mol. The molecular formula is C15H22N2O4. The zero-order valence-electron chi connectivity index (χ0n) is 12.3. The number of carboxylic acids is 1. The van der Waals surface area contributed by atoms with Crippen LogP contribution in [0.2, 0.25) is 0 Å². The summed E-state index contributed by atoms with van der Waals surface area (Å²) in [4.78, 5) is 24.6. The maximum atomic E-state index is 12.3. The Morgan fingerprint density at radius 2 is 1.86 bits per heavy atom. The number of amides is 1. The first-order chi connectivity index (χ1) is 9.85. The molecule has 116 valence electrons. The predicted molar refractivity (Wildman–Crippen MR) is 78.9 cm³/mol. The molecule has 0 fully saturated rings. The third kappa shape index (κ3) is 5.07. The van der Waals surface area contributed by atoms with Crippen LogP contribution in [0.3, 0.4) is 0 Å². The van der Waals surface area contributed by atoms with E-state index in [1.165, 1.54) is 17.0 Å². The molecule has 6 heteroatoms. The van der Waals surface area contributed by atoms with Gasteiger partial charge in [-0.2, -0.15) is 0 Å². The minimum Gasteiger partial charge on any atom is -0.508 e. The van der Waals surface area contributed by atoms with Gasteiger partial charge in [-0.1, -0.05) is 12.1 Å². The summed E-state index contributed by atoms with van der Waals surface area (Å²) in [5.41, 5.74) is 6.77. The molecule has 0 heterocycles. The lowest BCUT2D eigenvalue weighted by molar-refractivity contribution is -0.140. The van der Waals surface area contributed by atoms with Crippen LogP contribution in [-0.2, 0) is 16.0 Å². The lowest BCUT2D eigenvalue weighted by atomic mass is 10.0. The highest BCUT2D eigenvalue weighted by Gasteiger charge is 2.25. The fraction of sp³-hybridized carbons (Fsp3) is 0.467. The van der Waals surface area contributed by atoms with Gasteiger partial charge in [-0.05, 0) is 38.0 Å². The summed E-state index contributed by atoms with van der Waals surface area (Å²) in [7, 11) is 0. The number of carbonyl (C=O) groups is 2. The molecule has 6 nitrogen and oxygen atoms in total. The van der Waals surface area contributed by atoms with E-state index in [0.717, 1.165) is 5.56 Å². The van der Waals surface area contributed by atoms with Crippen molar-refractivity contribution in [3.63, 3.8) is 0 Å². The first-order valence-electron chi connectivity index (χ1n) is 6.90. The molecule has 0 bridgehead atoms. The van der Waals surface area contributed by atoms with Gasteiger partial charge in [0.1, 0.15) is 5.75 Å². The summed E-state index contributed by atoms with van der Waals surface area (Å²) in [6, 6.07) is 5.37. The van der Waals surface area contributed by atoms with Gasteiger partial charge in [0.2, 0.25) is 5.91 Å². The number of carboxylic acid groups (broad SMARTS) is 1. The van der Waals surface area contributed by atoms with Crippen LogP contribution in [-0.4, -0.2) is 45.6 Å². The summed E-state index contributed by atoms with van der Waals surface area (Å²) >= 11 is 0. The van der Waals surface area contributed by atoms with Gasteiger partial charge in [-0.25, -0.2) is 0 Å². The van der Waals surface area contributed by atoms with E-state index in [0.29, 0.717) is 13.0 Å². The second kappa shape index (κ2) is 7.64. The number of aliphatic carboxylic acids is 1. The molecule has 0 spiro atoms. The normalized spacial score (nSPS) is 13.5. The zero-order valence-corrected chi connectivity index (χ0v) is 12.3. The van der Waals surface area contributed by atoms with Gasteiger partial charge in [0.15, 0.2) is 0 Å². The standard InChI is InChI=1S/C15H22N2O4/c1-3-17(10(2)8-14(19)20)15(21)13(16)9-11-4-6-12(18)7-5-11/h4-7,10,13,18H,3,8-9,16H2,1-2H3,(H,19,20). The third-order valence-electron chi connectivity index (χ3n) is 3.34. The number of hydrogen-bond acceptors (Lipinski definition) is 4. The zero-order chi connectivity index (χ0) is 16.0. The van der Waals surface area contributed by atoms with Crippen molar-refractivity contribution in [1.29, 1.82) is 0 Å². The SMILES string of the molecule is CCN(C(=O)C(N)Cc1ccc(O)cc1)C(C)CC(=O)O. The van der Waals surface area contributed by atoms with E-state index in [2.05, 4.69) is 0 Å². The monoisotopic (exact) mass is 294 g/mol. The number of nitrogens with zero attached hydrogens (tertiary/aromatic N) is 1. The maximum Gasteiger partial charge on any atom is 0.305 e. The molecule has 2 atom stereocenters. The number of likely N-dealkylation sites (N-methyl/N-ethyl adjacent to an activating group) is 1. The summed E-state index contributed by atoms with van der Waals surface area (Å²) in [5.74, 6) is -1.05. The maximum absolute atomic E-state index is 12.3. The van der Waals surface area contributed by atoms with E-state index >= 15 is 0 Å². The van der Waals surface area contributed by atoms with Gasteiger partial charge in [0.05, 0.1) is 12.5 Å². The van der Waals surface area contributed by atoms with Crippen molar-refractivity contribution in [3.8, 4) is 5.75 Å². The Balaban J connectivity index is 2.70. The van der Waals surface area contributed by atoms with Crippen LogP contribution in [0.25, 0.3) is 0 Å². The van der Waals surface area contributed by atoms with Crippen molar-refractivity contribution in [3.05, 3.63) is 29.8 Å². The molecule has 0 saturated heterocycles. The number of hydrogen-bond donors (Lipinski definition) is 3. The first kappa shape index (κ1) is 17.0. The van der Waals surface area contributed by atoms with E-state index in [-0.39, 0.29) is 18.1 Å². The molecule has 2 unspecified atom stereocenters. The van der Waals surface area contributed by atoms with Crippen LogP contribution in [0.4, 0.5) is 0 Å². The van der Waals surface area contributed by atoms with Gasteiger partial charge in [0.25, 0.3) is 0 Å². The van der Waals surface area contributed by atoms with Crippen LogP contribution in [0.15, 0.2) is 24.3 Å². The molecule has 1 aromatic carbocycles. The van der Waals surface area contributed by atoms with E-state index < -0.39 is 18.1 Å². The Labute approximate surface area is 124 Å². The summed E-state index contributed by atoms with van der Waals surface area (Å²) < 4.78 is 0. The van der Waals surface area contributed by atoms with Crippen molar-refractivity contribution in [2.45, 2.75) is 38.8 Å². The van der Waals surface area contributed by atoms with Crippen LogP contribution >= 0.6 is 0 Å². The first-order valence-corrected chi connectivity index (χ1v) is 6.90. The van der Waals surface area contributed by atoms with E-state index in [4.69, 9.17) is 10.8 Å². The summed E-state index contributed by atoms with van der Waals surface area (Å²) in [6.45, 7) is 3.91. The highest BCUT2D eigenvalue weighted by atomic mass is 16.4. The average molecular weight is 294 g/mol. The van der Waals surface area contributed by atoms with Crippen molar-refractivity contribution in [2.24, 2.45) is 5.73 Å². The second-order valence-corrected chi connectivity index (χ2v) is 5.05. The predicted octanol–water partition coefficient (Wildman–Crippen LogP) is 0.974. The van der Waals surface area contributed by atoms with Crippen molar-refractivity contribution >= 4 is 11.9 Å². The Morgan fingerprint density at radius 1 is 1.29 bits per heavy atom. The fourth-order valence-electron chi connectivity index (χ4n) is 2.23. The molecule has 0 saturated carbocycles. The summed E-state index contributed by atoms with van der Waals surface area (Å²) in [6.07, 6.45) is 0.237. The average Bonchev–Trinajstić information content (AvgIpc) is 2.41. The Bertz CT molecular complexity index is 487. The van der Waals surface area contributed by atoms with Gasteiger partial charge in [-0.3, -0.25) is 9.59 Å². The van der Waals surface area contributed by atoms with Gasteiger partial charge in [-0.15, -0.1) is 0 Å². The molecule has 0 aliphatic rings. The van der Waals surface area contributed by atoms with Crippen molar-refractivity contribution in [1.82, 2.24) is 4.90 Å². The van der Waals surface area contributed by atoms with Gasteiger partial charge in [0, 0.05) is 12.6 Å². The molecule has 0 radical (unpaired) electrons. The van der Waals surface area contributed by atoms with Crippen LogP contribution in [0.1, 0.15) is 25.8 Å². The van der Waals surface area contributed by atoms with Gasteiger partial charge >= 0.3 is 5.97 Å². The Morgan fingerprint density at radius 3 is 2.33 bits per heavy atom. The molecule has 0 aromatic heterocycles. The van der Waals surface area contributed by atoms with Crippen LogP contribution in [0, 0.1) is 0 Å². The highest BCUT2D eigenvalue weighted by Crippen LogP contribution is 2.13. The minimum absolute atomic E-state index is 0.106. The number of rotatable bonds is 7. The highest BCUT2D eigenvalue weighted by molar-refractivity contribution is 5.82. The number of aromatic hydroxyl groups is 1. The molecule has 0 aliphatic carbocycles.